The van der Waals surface area contributed by atoms with Gasteiger partial charge in [0.1, 0.15) is 0 Å². The third-order valence-corrected chi connectivity index (χ3v) is 3.77. The monoisotopic (exact) mass is 229 g/mol. The van der Waals surface area contributed by atoms with E-state index in [0.717, 1.165) is 24.8 Å². The first-order chi connectivity index (χ1) is 8.25. The van der Waals surface area contributed by atoms with E-state index < -0.39 is 5.97 Å². The number of para-hydroxylation sites is 1. The minimum atomic E-state index is -0.673. The molecule has 3 nitrogen and oxygen atoms in total. The van der Waals surface area contributed by atoms with Crippen molar-refractivity contribution in [3.05, 3.63) is 42.1 Å². The molecule has 3 aliphatic rings. The summed E-state index contributed by atoms with van der Waals surface area (Å²) in [6.45, 7) is 0. The minimum Gasteiger partial charge on any atom is -0.481 e. The first kappa shape index (κ1) is 10.4. The second-order valence-electron chi connectivity index (χ2n) is 4.77. The molecule has 2 heterocycles. The molecule has 88 valence electrons. The van der Waals surface area contributed by atoms with E-state index in [9.17, 15) is 4.79 Å². The summed E-state index contributed by atoms with van der Waals surface area (Å²) in [7, 11) is 0. The van der Waals surface area contributed by atoms with E-state index in [1.807, 2.05) is 24.4 Å². The Kier molecular flexibility index (Phi) is 2.39. The lowest BCUT2D eigenvalue weighted by atomic mass is 9.78. The van der Waals surface area contributed by atoms with Crippen molar-refractivity contribution in [2.75, 3.05) is 4.90 Å². The molecular formula is C14H15NO2. The van der Waals surface area contributed by atoms with Gasteiger partial charge in [0.2, 0.25) is 0 Å². The summed E-state index contributed by atoms with van der Waals surface area (Å²) in [6.07, 6.45) is 4.80. The van der Waals surface area contributed by atoms with Crippen LogP contribution in [0.4, 0.5) is 5.69 Å². The Bertz CT molecular complexity index is 466. The van der Waals surface area contributed by atoms with Gasteiger partial charge in [0.25, 0.3) is 0 Å². The molecule has 0 amide bonds. The molecule has 0 radical (unpaired) electrons. The highest BCUT2D eigenvalue weighted by Gasteiger charge is 2.38. The van der Waals surface area contributed by atoms with Crippen molar-refractivity contribution >= 4 is 11.7 Å². The standard InChI is InChI=1S/C14H15NO2/c16-14(17)13-8-12-7-6-10(13)9-15(12)11-4-2-1-3-5-11/h1-5,9,12-13H,6-8H2,(H,16,17). The maximum Gasteiger partial charge on any atom is 0.310 e. The normalized spacial score (nSPS) is 26.8. The number of benzene rings is 1. The van der Waals surface area contributed by atoms with Crippen molar-refractivity contribution in [2.45, 2.75) is 25.3 Å². The average Bonchev–Trinajstić information content (AvgIpc) is 2.40. The van der Waals surface area contributed by atoms with Crippen LogP contribution in [0.3, 0.4) is 0 Å². The van der Waals surface area contributed by atoms with Crippen LogP contribution in [-0.4, -0.2) is 17.1 Å². The largest absolute Gasteiger partial charge is 0.481 e. The van der Waals surface area contributed by atoms with E-state index in [4.69, 9.17) is 5.11 Å². The Morgan fingerprint density at radius 2 is 2.06 bits per heavy atom. The zero-order chi connectivity index (χ0) is 11.8. The number of carbonyl (C=O) groups is 1. The second-order valence-corrected chi connectivity index (χ2v) is 4.77. The van der Waals surface area contributed by atoms with Crippen LogP contribution in [0.1, 0.15) is 19.3 Å². The SMILES string of the molecule is O=C(O)C1CC2CCC1=CN2c1ccccc1. The van der Waals surface area contributed by atoms with Crippen LogP contribution in [0.15, 0.2) is 42.1 Å². The number of nitrogens with zero attached hydrogens (tertiary/aromatic N) is 1. The predicted molar refractivity (Wildman–Crippen MR) is 65.8 cm³/mol. The molecule has 1 saturated carbocycles. The van der Waals surface area contributed by atoms with E-state index in [2.05, 4.69) is 17.0 Å². The van der Waals surface area contributed by atoms with Crippen LogP contribution in [-0.2, 0) is 4.79 Å². The molecule has 2 unspecified atom stereocenters. The summed E-state index contributed by atoms with van der Waals surface area (Å²) in [5, 5.41) is 9.16. The van der Waals surface area contributed by atoms with Gasteiger partial charge in [-0.25, -0.2) is 0 Å². The van der Waals surface area contributed by atoms with Crippen molar-refractivity contribution in [1.82, 2.24) is 0 Å². The number of hydrogen-bond acceptors (Lipinski definition) is 2. The summed E-state index contributed by atoms with van der Waals surface area (Å²) in [6, 6.07) is 10.5. The van der Waals surface area contributed by atoms with Crippen molar-refractivity contribution in [2.24, 2.45) is 5.92 Å². The molecule has 0 spiro atoms. The van der Waals surface area contributed by atoms with Gasteiger partial charge >= 0.3 is 5.97 Å². The highest BCUT2D eigenvalue weighted by molar-refractivity contribution is 5.75. The average molecular weight is 229 g/mol. The van der Waals surface area contributed by atoms with Crippen LogP contribution >= 0.6 is 0 Å². The Balaban J connectivity index is 1.94. The maximum absolute atomic E-state index is 11.1. The topological polar surface area (TPSA) is 40.5 Å². The molecule has 2 bridgehead atoms. The lowest BCUT2D eigenvalue weighted by Gasteiger charge is -2.43. The van der Waals surface area contributed by atoms with E-state index >= 15 is 0 Å². The van der Waals surface area contributed by atoms with Gasteiger partial charge in [-0.1, -0.05) is 18.2 Å². The third-order valence-electron chi connectivity index (χ3n) is 3.77. The number of carboxylic acids is 1. The van der Waals surface area contributed by atoms with Crippen LogP contribution in [0.2, 0.25) is 0 Å². The Morgan fingerprint density at radius 1 is 1.29 bits per heavy atom. The second kappa shape index (κ2) is 3.91. The zero-order valence-corrected chi connectivity index (χ0v) is 9.54. The summed E-state index contributed by atoms with van der Waals surface area (Å²) in [5.41, 5.74) is 2.24. The third kappa shape index (κ3) is 1.71. The number of rotatable bonds is 2. The van der Waals surface area contributed by atoms with E-state index in [0.29, 0.717) is 6.04 Å². The minimum absolute atomic E-state index is 0.256. The highest BCUT2D eigenvalue weighted by Crippen LogP contribution is 2.40. The lowest BCUT2D eigenvalue weighted by molar-refractivity contribution is -0.141. The number of aliphatic carboxylic acids is 1. The smallest absolute Gasteiger partial charge is 0.310 e. The van der Waals surface area contributed by atoms with Crippen LogP contribution < -0.4 is 4.90 Å². The molecule has 2 atom stereocenters. The van der Waals surface area contributed by atoms with E-state index in [-0.39, 0.29) is 5.92 Å². The summed E-state index contributed by atoms with van der Waals surface area (Å²) in [5.74, 6) is -0.928. The number of anilines is 1. The van der Waals surface area contributed by atoms with E-state index in [1.54, 1.807) is 0 Å². The van der Waals surface area contributed by atoms with Crippen molar-refractivity contribution < 1.29 is 9.90 Å². The number of carboxylic acid groups (broad SMARTS) is 1. The first-order valence-corrected chi connectivity index (χ1v) is 6.02. The van der Waals surface area contributed by atoms with Gasteiger partial charge in [-0.3, -0.25) is 4.79 Å². The van der Waals surface area contributed by atoms with Crippen LogP contribution in [0, 0.1) is 5.92 Å². The molecular weight excluding hydrogens is 214 g/mol. The Morgan fingerprint density at radius 3 is 2.65 bits per heavy atom. The van der Waals surface area contributed by atoms with Crippen molar-refractivity contribution in [3.8, 4) is 0 Å². The quantitative estimate of drug-likeness (QED) is 0.847. The lowest BCUT2D eigenvalue weighted by Crippen LogP contribution is -2.43. The number of fused-ring (bicyclic) bond motifs is 3. The molecule has 4 rings (SSSR count). The van der Waals surface area contributed by atoms with E-state index in [1.165, 1.54) is 5.69 Å². The summed E-state index contributed by atoms with van der Waals surface area (Å²) < 4.78 is 0. The zero-order valence-electron chi connectivity index (χ0n) is 9.54. The van der Waals surface area contributed by atoms with Gasteiger partial charge in [0.05, 0.1) is 5.92 Å². The molecule has 1 N–H and O–H groups in total. The van der Waals surface area contributed by atoms with Crippen LogP contribution in [0.5, 0.6) is 0 Å². The fraction of sp³-hybridized carbons (Fsp3) is 0.357. The van der Waals surface area contributed by atoms with Gasteiger partial charge in [0.15, 0.2) is 0 Å². The molecule has 2 aliphatic heterocycles. The van der Waals surface area contributed by atoms with Crippen molar-refractivity contribution in [3.63, 3.8) is 0 Å². The fourth-order valence-corrected chi connectivity index (χ4v) is 2.88. The molecule has 1 aromatic rings. The predicted octanol–water partition coefficient (Wildman–Crippen LogP) is 2.64. The van der Waals surface area contributed by atoms with Gasteiger partial charge < -0.3 is 10.0 Å². The molecule has 1 aliphatic carbocycles. The fourth-order valence-electron chi connectivity index (χ4n) is 2.88. The summed E-state index contributed by atoms with van der Waals surface area (Å²) >= 11 is 0. The molecule has 17 heavy (non-hydrogen) atoms. The highest BCUT2D eigenvalue weighted by atomic mass is 16.4. The van der Waals surface area contributed by atoms with Crippen molar-refractivity contribution in [1.29, 1.82) is 0 Å². The van der Waals surface area contributed by atoms with Crippen LogP contribution in [0.25, 0.3) is 0 Å². The molecule has 1 fully saturated rings. The Labute approximate surface area is 100 Å². The molecule has 1 aromatic carbocycles. The molecule has 0 saturated heterocycles. The van der Waals surface area contributed by atoms with Gasteiger partial charge in [-0.15, -0.1) is 0 Å². The maximum atomic E-state index is 11.1. The van der Waals surface area contributed by atoms with Gasteiger partial charge in [-0.2, -0.15) is 0 Å². The molecule has 3 heteroatoms. The summed E-state index contributed by atoms with van der Waals surface area (Å²) in [4.78, 5) is 13.4. The Hall–Kier alpha value is -1.77. The van der Waals surface area contributed by atoms with Gasteiger partial charge in [-0.05, 0) is 37.0 Å². The number of hydrogen-bond donors (Lipinski definition) is 1. The molecule has 0 aromatic heterocycles. The first-order valence-electron chi connectivity index (χ1n) is 6.02. The van der Waals surface area contributed by atoms with Gasteiger partial charge in [0, 0.05) is 17.9 Å².